The number of fused-ring (bicyclic) bond motifs is 3. The molecule has 214 valence electrons. The van der Waals surface area contributed by atoms with Crippen LogP contribution >= 0.6 is 0 Å². The zero-order valence-corrected chi connectivity index (χ0v) is 25.3. The highest BCUT2D eigenvalue weighted by molar-refractivity contribution is 5.99. The number of aliphatic imine (C=N–C) groups is 1. The van der Waals surface area contributed by atoms with Gasteiger partial charge in [-0.25, -0.2) is 4.99 Å². The Hall–Kier alpha value is -2.86. The van der Waals surface area contributed by atoms with Gasteiger partial charge in [-0.1, -0.05) is 50.6 Å². The lowest BCUT2D eigenvalue weighted by Crippen LogP contribution is -2.65. The SMILES string of the molecule is Cc1ccc(CCN2Cc3ccc(N=C(N)N4CCN([C@H]5C[C@@H]6C[C@@H]([C@H]5C)C6(C)C)[C@@H](C)C4)cc3C2=O)c(C)c1. The molecule has 0 radical (unpaired) electrons. The number of amides is 1. The highest BCUT2D eigenvalue weighted by Crippen LogP contribution is 2.62. The third-order valence-electron chi connectivity index (χ3n) is 11.1. The van der Waals surface area contributed by atoms with Gasteiger partial charge in [-0.15, -0.1) is 0 Å². The fourth-order valence-corrected chi connectivity index (χ4v) is 8.42. The molecule has 0 aromatic heterocycles. The standard InChI is InChI=1S/C34H47N5O/c1-21-7-8-25(22(2)15-21)11-12-37-20-26-9-10-28(18-29(26)32(37)40)36-33(35)38-13-14-39(23(3)19-38)31-17-27-16-30(24(31)4)34(27,5)6/h7-10,15,18,23-24,27,30-31H,11-14,16-17,19-20H2,1-6H3,(H2,35,36)/t23-,24+,27-,30-,31-/m0/s1. The highest BCUT2D eigenvalue weighted by atomic mass is 16.2. The average molecular weight is 542 g/mol. The topological polar surface area (TPSA) is 65.2 Å². The molecule has 5 aliphatic rings. The molecule has 7 rings (SSSR count). The van der Waals surface area contributed by atoms with Gasteiger partial charge < -0.3 is 15.5 Å². The van der Waals surface area contributed by atoms with Crippen LogP contribution in [0.5, 0.6) is 0 Å². The van der Waals surface area contributed by atoms with E-state index in [1.165, 1.54) is 29.5 Å². The Labute approximate surface area is 240 Å². The number of benzene rings is 2. The Morgan fingerprint density at radius 1 is 1.07 bits per heavy atom. The number of carbonyl (C=O) groups is 1. The molecule has 6 heteroatoms. The lowest BCUT2D eigenvalue weighted by molar-refractivity contribution is -0.147. The van der Waals surface area contributed by atoms with Gasteiger partial charge >= 0.3 is 0 Å². The second-order valence-corrected chi connectivity index (χ2v) is 13.8. The lowest BCUT2D eigenvalue weighted by Gasteiger charge is -2.64. The molecule has 2 N–H and O–H groups in total. The number of aryl methyl sites for hydroxylation is 2. The molecule has 0 spiro atoms. The number of rotatable bonds is 5. The van der Waals surface area contributed by atoms with Crippen LogP contribution in [0.3, 0.4) is 0 Å². The van der Waals surface area contributed by atoms with Crippen molar-refractivity contribution in [2.24, 2.45) is 33.9 Å². The number of hydrogen-bond donors (Lipinski definition) is 1. The van der Waals surface area contributed by atoms with Crippen molar-refractivity contribution in [1.82, 2.24) is 14.7 Å². The van der Waals surface area contributed by atoms with Crippen molar-refractivity contribution in [1.29, 1.82) is 0 Å². The van der Waals surface area contributed by atoms with Crippen LogP contribution in [0.2, 0.25) is 0 Å². The monoisotopic (exact) mass is 541 g/mol. The Morgan fingerprint density at radius 3 is 2.58 bits per heavy atom. The Kier molecular flexibility index (Phi) is 6.97. The van der Waals surface area contributed by atoms with Gasteiger partial charge in [-0.3, -0.25) is 9.69 Å². The predicted octanol–water partition coefficient (Wildman–Crippen LogP) is 5.52. The summed E-state index contributed by atoms with van der Waals surface area (Å²) in [6.45, 7) is 18.3. The summed E-state index contributed by atoms with van der Waals surface area (Å²) in [5.74, 6) is 3.15. The molecule has 2 aliphatic heterocycles. The molecule has 4 fully saturated rings. The number of piperazine rings is 1. The average Bonchev–Trinajstić information content (AvgIpc) is 3.22. The van der Waals surface area contributed by atoms with Crippen LogP contribution in [0.1, 0.15) is 73.1 Å². The summed E-state index contributed by atoms with van der Waals surface area (Å²) in [6, 6.07) is 13.7. The largest absolute Gasteiger partial charge is 0.369 e. The highest BCUT2D eigenvalue weighted by Gasteiger charge is 2.57. The van der Waals surface area contributed by atoms with Crippen molar-refractivity contribution in [3.05, 3.63) is 64.2 Å². The van der Waals surface area contributed by atoms with E-state index in [1.807, 2.05) is 23.1 Å². The Morgan fingerprint density at radius 2 is 1.88 bits per heavy atom. The zero-order chi connectivity index (χ0) is 28.3. The molecule has 3 saturated carbocycles. The smallest absolute Gasteiger partial charge is 0.254 e. The van der Waals surface area contributed by atoms with Crippen LogP contribution in [0.15, 0.2) is 41.4 Å². The van der Waals surface area contributed by atoms with Gasteiger partial charge in [-0.05, 0) is 92.0 Å². The molecule has 2 bridgehead atoms. The van der Waals surface area contributed by atoms with E-state index in [4.69, 9.17) is 10.7 Å². The molecule has 0 unspecified atom stereocenters. The molecule has 2 aromatic rings. The van der Waals surface area contributed by atoms with Crippen LogP contribution in [0.4, 0.5) is 5.69 Å². The van der Waals surface area contributed by atoms with Crippen molar-refractivity contribution < 1.29 is 4.79 Å². The number of carbonyl (C=O) groups excluding carboxylic acids is 1. The summed E-state index contributed by atoms with van der Waals surface area (Å²) in [4.78, 5) is 25.0. The maximum atomic E-state index is 13.2. The summed E-state index contributed by atoms with van der Waals surface area (Å²) in [7, 11) is 0. The summed E-state index contributed by atoms with van der Waals surface area (Å²) < 4.78 is 0. The van der Waals surface area contributed by atoms with Crippen LogP contribution in [0.25, 0.3) is 0 Å². The Bertz CT molecular complexity index is 1330. The molecule has 6 nitrogen and oxygen atoms in total. The predicted molar refractivity (Wildman–Crippen MR) is 163 cm³/mol. The van der Waals surface area contributed by atoms with Crippen molar-refractivity contribution in [3.63, 3.8) is 0 Å². The summed E-state index contributed by atoms with van der Waals surface area (Å²) in [6.07, 6.45) is 3.63. The van der Waals surface area contributed by atoms with E-state index in [0.29, 0.717) is 30.0 Å². The van der Waals surface area contributed by atoms with Crippen molar-refractivity contribution in [2.75, 3.05) is 26.2 Å². The van der Waals surface area contributed by atoms with Crippen LogP contribution in [0, 0.1) is 37.0 Å². The fourth-order valence-electron chi connectivity index (χ4n) is 8.42. The van der Waals surface area contributed by atoms with Crippen LogP contribution in [-0.2, 0) is 13.0 Å². The van der Waals surface area contributed by atoms with E-state index in [-0.39, 0.29) is 5.91 Å². The van der Waals surface area contributed by atoms with Crippen molar-refractivity contribution in [3.8, 4) is 0 Å². The molecule has 2 aromatic carbocycles. The van der Waals surface area contributed by atoms with E-state index in [0.717, 1.165) is 67.2 Å². The van der Waals surface area contributed by atoms with Crippen LogP contribution in [-0.4, -0.2) is 64.8 Å². The number of nitrogens with two attached hydrogens (primary N) is 1. The quantitative estimate of drug-likeness (QED) is 0.400. The minimum atomic E-state index is 0.0976. The first-order valence-electron chi connectivity index (χ1n) is 15.4. The molecule has 3 aliphatic carbocycles. The second-order valence-electron chi connectivity index (χ2n) is 13.8. The van der Waals surface area contributed by atoms with Gasteiger partial charge in [-0.2, -0.15) is 0 Å². The molecule has 5 atom stereocenters. The molecule has 1 saturated heterocycles. The van der Waals surface area contributed by atoms with Gasteiger partial charge in [0.15, 0.2) is 5.96 Å². The first-order chi connectivity index (χ1) is 19.0. The Balaban J connectivity index is 1.07. The minimum absolute atomic E-state index is 0.0976. The third-order valence-corrected chi connectivity index (χ3v) is 11.1. The molecule has 40 heavy (non-hydrogen) atoms. The maximum absolute atomic E-state index is 13.2. The minimum Gasteiger partial charge on any atom is -0.369 e. The van der Waals surface area contributed by atoms with E-state index in [2.05, 4.69) is 69.5 Å². The van der Waals surface area contributed by atoms with E-state index in [1.54, 1.807) is 0 Å². The molecular weight excluding hydrogens is 494 g/mol. The second kappa shape index (κ2) is 10.2. The van der Waals surface area contributed by atoms with Gasteiger partial charge in [0.2, 0.25) is 0 Å². The zero-order valence-electron chi connectivity index (χ0n) is 25.3. The van der Waals surface area contributed by atoms with E-state index < -0.39 is 0 Å². The maximum Gasteiger partial charge on any atom is 0.254 e. The number of guanidine groups is 1. The van der Waals surface area contributed by atoms with Gasteiger partial charge in [0, 0.05) is 50.4 Å². The van der Waals surface area contributed by atoms with Gasteiger partial charge in [0.05, 0.1) is 5.69 Å². The summed E-state index contributed by atoms with van der Waals surface area (Å²) in [5.41, 5.74) is 13.6. The van der Waals surface area contributed by atoms with Crippen molar-refractivity contribution in [2.45, 2.75) is 79.4 Å². The summed E-state index contributed by atoms with van der Waals surface area (Å²) >= 11 is 0. The first-order valence-corrected chi connectivity index (χ1v) is 15.4. The van der Waals surface area contributed by atoms with Gasteiger partial charge in [0.25, 0.3) is 5.91 Å². The van der Waals surface area contributed by atoms with Gasteiger partial charge in [0.1, 0.15) is 0 Å². The van der Waals surface area contributed by atoms with E-state index in [9.17, 15) is 4.79 Å². The lowest BCUT2D eigenvalue weighted by atomic mass is 9.44. The van der Waals surface area contributed by atoms with Crippen molar-refractivity contribution >= 4 is 17.6 Å². The number of nitrogens with zero attached hydrogens (tertiary/aromatic N) is 4. The van der Waals surface area contributed by atoms with E-state index >= 15 is 0 Å². The number of hydrogen-bond acceptors (Lipinski definition) is 3. The summed E-state index contributed by atoms with van der Waals surface area (Å²) in [5, 5.41) is 0. The fraction of sp³-hybridized carbons (Fsp3) is 0.588. The normalized spacial score (nSPS) is 29.9. The first kappa shape index (κ1) is 27.3. The molecule has 2 heterocycles. The molecular formula is C34H47N5O. The third kappa shape index (κ3) is 4.72. The molecule has 1 amide bonds. The van der Waals surface area contributed by atoms with Crippen LogP contribution < -0.4 is 5.73 Å².